The fraction of sp³-hybridized carbons (Fsp3) is 0.182. The quantitative estimate of drug-likeness (QED) is 0.757. The maximum Gasteiger partial charge on any atom is 4.00 e. The van der Waals surface area contributed by atoms with E-state index in [1.165, 1.54) is 0 Å². The minimum Gasteiger partial charge on any atom is -0.648 e. The van der Waals surface area contributed by atoms with Gasteiger partial charge >= 0.3 is 20.1 Å². The number of hydrogen-bond donors (Lipinski definition) is 1. The number of pyridine rings is 1. The monoisotopic (exact) mass is 346 g/mol. The second-order valence-electron chi connectivity index (χ2n) is 2.25. The van der Waals surface area contributed by atoms with E-state index in [4.69, 9.17) is 19.5 Å². The van der Waals surface area contributed by atoms with Gasteiger partial charge in [0, 0.05) is 11.9 Å². The summed E-state index contributed by atoms with van der Waals surface area (Å²) in [5, 5.41) is 12.1. The van der Waals surface area contributed by atoms with E-state index < -0.39 is 5.97 Å². The van der Waals surface area contributed by atoms with Gasteiger partial charge in [0.2, 0.25) is 0 Å². The van der Waals surface area contributed by atoms with Crippen LogP contribution in [0.1, 0.15) is 5.69 Å². The van der Waals surface area contributed by atoms with Crippen molar-refractivity contribution < 1.29 is 44.4 Å². The number of carbonyl (C=O) groups excluding carboxylic acids is 3. The Hall–Kier alpha value is -1.76. The van der Waals surface area contributed by atoms with E-state index in [9.17, 15) is 4.79 Å². The molecule has 1 rings (SSSR count). The average Bonchev–Trinajstić information content (AvgIpc) is 2.46. The molecule has 1 N–H and O–H groups in total. The Labute approximate surface area is 124 Å². The summed E-state index contributed by atoms with van der Waals surface area (Å²) in [6.07, 6.45) is 1.66. The van der Waals surface area contributed by atoms with Crippen molar-refractivity contribution in [3.63, 3.8) is 0 Å². The third kappa shape index (κ3) is 22.0. The summed E-state index contributed by atoms with van der Waals surface area (Å²) in [6.45, 7) is 13.7. The molecule has 1 heterocycles. The predicted octanol–water partition coefficient (Wildman–Crippen LogP) is -0.154. The number of hydrogen-bond acceptors (Lipinski definition) is 5. The van der Waals surface area contributed by atoms with Crippen molar-refractivity contribution in [2.45, 2.75) is 6.54 Å². The third-order valence-corrected chi connectivity index (χ3v) is 1.25. The third-order valence-electron chi connectivity index (χ3n) is 1.25. The first-order valence-corrected chi connectivity index (χ1v) is 4.15. The van der Waals surface area contributed by atoms with E-state index in [0.29, 0.717) is 6.54 Å². The molecule has 0 fully saturated rings. The molecule has 1 aromatic heterocycles. The number of aliphatic carboxylic acids is 1. The van der Waals surface area contributed by atoms with E-state index in [1.807, 2.05) is 12.1 Å². The van der Waals surface area contributed by atoms with Gasteiger partial charge in [-0.3, -0.25) is 9.78 Å². The molecular weight excluding hydrogens is 338 g/mol. The summed E-state index contributed by atoms with van der Waals surface area (Å²) in [5.74, 6) is -0.911. The number of rotatable bonds is 4. The molecule has 0 saturated carbocycles. The fourth-order valence-corrected chi connectivity index (χ4v) is 0.758. The van der Waals surface area contributed by atoms with Gasteiger partial charge in [-0.15, -0.1) is 6.54 Å². The number of nitrogens with zero attached hydrogens (tertiary/aromatic N) is 2. The van der Waals surface area contributed by atoms with Crippen molar-refractivity contribution >= 4 is 26.3 Å². The molecule has 0 bridgehead atoms. The van der Waals surface area contributed by atoms with E-state index >= 15 is 0 Å². The standard InChI is InChI=1S/C8H9N2O2.3CO.Tc/c11-8(12)6-9-5-7-3-1-2-4-10-7;3*1-2;/h1-4H,5-6H2,(H,11,12);;;;/q4*-1;+4. The van der Waals surface area contributed by atoms with Crippen LogP contribution in [0.4, 0.5) is 0 Å². The number of aromatic nitrogens is 1. The van der Waals surface area contributed by atoms with Crippen molar-refractivity contribution in [3.8, 4) is 0 Å². The minimum atomic E-state index is -0.911. The topological polar surface area (TPSA) is 115 Å². The second kappa shape index (κ2) is 25.2. The van der Waals surface area contributed by atoms with Crippen LogP contribution >= 0.6 is 0 Å². The van der Waals surface area contributed by atoms with Crippen LogP contribution in [0.15, 0.2) is 24.4 Å². The van der Waals surface area contributed by atoms with Gasteiger partial charge in [-0.2, -0.15) is 0 Å². The molecule has 0 aliphatic heterocycles. The normalized spacial score (nSPS) is 6.74. The van der Waals surface area contributed by atoms with E-state index in [2.05, 4.69) is 30.7 Å². The molecule has 8 heteroatoms. The van der Waals surface area contributed by atoms with Crippen molar-refractivity contribution in [1.82, 2.24) is 4.98 Å². The van der Waals surface area contributed by atoms with E-state index in [0.717, 1.165) is 5.69 Å². The Morgan fingerprint density at radius 3 is 2.05 bits per heavy atom. The SMILES string of the molecule is O=C(O)C[N-]Cc1ccccn1.[C-]=O.[C-]=O.[C-]=O.[Tc+4]. The van der Waals surface area contributed by atoms with Crippen LogP contribution in [0, 0.1) is 0 Å². The molecule has 1 aromatic rings. The van der Waals surface area contributed by atoms with Crippen molar-refractivity contribution in [3.05, 3.63) is 35.4 Å². The molecule has 0 aromatic carbocycles. The molecule has 0 unspecified atom stereocenters. The number of carboxylic acids is 1. The summed E-state index contributed by atoms with van der Waals surface area (Å²) >= 11 is 0. The molecular formula is C11H9N2O5Tc. The Bertz CT molecular complexity index is 296. The summed E-state index contributed by atoms with van der Waals surface area (Å²) in [5.41, 5.74) is 0.791. The zero-order valence-corrected chi connectivity index (χ0v) is 11.4. The Balaban J connectivity index is -0.000000142. The van der Waals surface area contributed by atoms with Crippen LogP contribution in [0.5, 0.6) is 0 Å². The Morgan fingerprint density at radius 1 is 1.16 bits per heavy atom. The average molecular weight is 347 g/mol. The first-order valence-electron chi connectivity index (χ1n) is 4.15. The number of carboxylic acid groups (broad SMARTS) is 1. The summed E-state index contributed by atoms with van der Waals surface area (Å²) < 4.78 is 0. The molecule has 0 amide bonds. The smallest absolute Gasteiger partial charge is 0.648 e. The Kier molecular flexibility index (Phi) is 34.4. The maximum atomic E-state index is 10.1. The summed E-state index contributed by atoms with van der Waals surface area (Å²) in [4.78, 5) is 36.6. The van der Waals surface area contributed by atoms with Crippen LogP contribution in [0.2, 0.25) is 0 Å². The van der Waals surface area contributed by atoms with Gasteiger partial charge < -0.3 is 45.2 Å². The first kappa shape index (κ1) is 25.9. The molecule has 0 saturated heterocycles. The second-order valence-corrected chi connectivity index (χ2v) is 2.25. The van der Waals surface area contributed by atoms with E-state index in [1.54, 1.807) is 12.3 Å². The van der Waals surface area contributed by atoms with Gasteiger partial charge in [0.05, 0.1) is 0 Å². The largest absolute Gasteiger partial charge is 4.00 e. The molecule has 0 aliphatic rings. The van der Waals surface area contributed by atoms with Gasteiger partial charge in [-0.1, -0.05) is 6.07 Å². The van der Waals surface area contributed by atoms with Gasteiger partial charge in [-0.05, 0) is 18.7 Å². The van der Waals surface area contributed by atoms with Crippen LogP contribution in [-0.4, -0.2) is 43.0 Å². The molecule has 0 atom stereocenters. The molecule has 19 heavy (non-hydrogen) atoms. The predicted molar refractivity (Wildman–Crippen MR) is 60.9 cm³/mol. The molecule has 4 radical (unpaired) electrons. The molecule has 0 spiro atoms. The minimum absolute atomic E-state index is 0. The fourth-order valence-electron chi connectivity index (χ4n) is 0.758. The molecule has 7 nitrogen and oxygen atoms in total. The van der Waals surface area contributed by atoms with Crippen molar-refractivity contribution in [2.75, 3.05) is 6.54 Å². The summed E-state index contributed by atoms with van der Waals surface area (Å²) in [6, 6.07) is 5.46. The maximum absolute atomic E-state index is 10.1. The van der Waals surface area contributed by atoms with E-state index in [-0.39, 0.29) is 26.7 Å². The van der Waals surface area contributed by atoms with Crippen molar-refractivity contribution in [1.29, 1.82) is 0 Å². The molecule has 100 valence electrons. The number of carbonyl (C=O) groups is 1. The molecule has 0 aliphatic carbocycles. The van der Waals surface area contributed by atoms with Crippen LogP contribution < -0.4 is 0 Å². The van der Waals surface area contributed by atoms with Gasteiger partial charge in [0.25, 0.3) is 5.97 Å². The van der Waals surface area contributed by atoms with Gasteiger partial charge in [0.1, 0.15) is 0 Å². The van der Waals surface area contributed by atoms with Crippen LogP contribution in [0.25, 0.3) is 5.32 Å². The zero-order chi connectivity index (χ0) is 14.8. The van der Waals surface area contributed by atoms with Crippen molar-refractivity contribution in [2.24, 2.45) is 0 Å². The summed E-state index contributed by atoms with van der Waals surface area (Å²) in [7, 11) is 0. The zero-order valence-electron chi connectivity index (χ0n) is 9.58. The Morgan fingerprint density at radius 2 is 1.68 bits per heavy atom. The van der Waals surface area contributed by atoms with Crippen LogP contribution in [0.3, 0.4) is 0 Å². The first-order chi connectivity index (χ1) is 8.79. The van der Waals surface area contributed by atoms with Gasteiger partial charge in [0.15, 0.2) is 0 Å². The van der Waals surface area contributed by atoms with Crippen LogP contribution in [-0.2, 0) is 45.8 Å². The van der Waals surface area contributed by atoms with Gasteiger partial charge in [-0.25, -0.2) is 0 Å².